The molecule has 18 heavy (non-hydrogen) atoms. The first-order valence-electron chi connectivity index (χ1n) is 6.32. The van der Waals surface area contributed by atoms with Gasteiger partial charge in [0.05, 0.1) is 6.61 Å². The number of hydrogen-bond donors (Lipinski definition) is 4. The molecule has 1 saturated carbocycles. The van der Waals surface area contributed by atoms with Gasteiger partial charge in [-0.3, -0.25) is 4.79 Å². The molecule has 4 N–H and O–H groups in total. The third kappa shape index (κ3) is 2.81. The molecule has 1 amide bonds. The zero-order chi connectivity index (χ0) is 13.0. The normalized spacial score (nSPS) is 18.5. The topological polar surface area (TPSA) is 98.0 Å². The Balaban J connectivity index is 1.93. The molecule has 6 nitrogen and oxygen atoms in total. The van der Waals surface area contributed by atoms with E-state index >= 15 is 0 Å². The molecular weight excluding hydrogens is 234 g/mol. The van der Waals surface area contributed by atoms with Gasteiger partial charge in [0.15, 0.2) is 0 Å². The molecule has 0 atom stereocenters. The molecule has 1 aromatic rings. The lowest BCUT2D eigenvalue weighted by Crippen LogP contribution is -2.41. The van der Waals surface area contributed by atoms with Crippen molar-refractivity contribution in [2.45, 2.75) is 32.1 Å². The molecule has 6 heteroatoms. The second-order valence-corrected chi connectivity index (χ2v) is 5.06. The zero-order valence-electron chi connectivity index (χ0n) is 10.3. The van der Waals surface area contributed by atoms with Gasteiger partial charge in [0.1, 0.15) is 5.69 Å². The summed E-state index contributed by atoms with van der Waals surface area (Å²) in [6.07, 6.45) is 6.61. The van der Waals surface area contributed by atoms with Crippen LogP contribution in [0.5, 0.6) is 0 Å². The highest BCUT2D eigenvalue weighted by Gasteiger charge is 2.31. The van der Waals surface area contributed by atoms with Gasteiger partial charge in [-0.25, -0.2) is 4.79 Å². The van der Waals surface area contributed by atoms with Gasteiger partial charge in [0, 0.05) is 18.2 Å². The lowest BCUT2D eigenvalue weighted by Gasteiger charge is -2.35. The van der Waals surface area contributed by atoms with Crippen LogP contribution in [0.3, 0.4) is 0 Å². The first kappa shape index (κ1) is 12.9. The van der Waals surface area contributed by atoms with E-state index in [1.807, 2.05) is 0 Å². The van der Waals surface area contributed by atoms with Crippen molar-refractivity contribution < 1.29 is 9.90 Å². The third-order valence-electron chi connectivity index (χ3n) is 3.71. The number of amides is 1. The molecule has 0 aliphatic heterocycles. The average Bonchev–Trinajstić information content (AvgIpc) is 2.84. The highest BCUT2D eigenvalue weighted by Crippen LogP contribution is 2.35. The number of aliphatic hydroxyl groups is 1. The van der Waals surface area contributed by atoms with E-state index in [0.29, 0.717) is 6.54 Å². The molecular formula is C12H19N3O3. The number of carbonyl (C=O) groups excluding carboxylic acids is 1. The van der Waals surface area contributed by atoms with Crippen LogP contribution in [-0.4, -0.2) is 34.1 Å². The summed E-state index contributed by atoms with van der Waals surface area (Å²) in [5, 5.41) is 12.3. The van der Waals surface area contributed by atoms with Gasteiger partial charge in [0.2, 0.25) is 0 Å². The monoisotopic (exact) mass is 253 g/mol. The number of aromatic nitrogens is 2. The maximum atomic E-state index is 11.8. The van der Waals surface area contributed by atoms with E-state index in [0.717, 1.165) is 25.7 Å². The Morgan fingerprint density at radius 2 is 2.11 bits per heavy atom. The summed E-state index contributed by atoms with van der Waals surface area (Å²) in [5.74, 6) is -0.313. The van der Waals surface area contributed by atoms with E-state index in [-0.39, 0.29) is 23.6 Å². The van der Waals surface area contributed by atoms with E-state index in [9.17, 15) is 14.7 Å². The van der Waals surface area contributed by atoms with Crippen molar-refractivity contribution in [2.75, 3.05) is 13.2 Å². The summed E-state index contributed by atoms with van der Waals surface area (Å²) in [6.45, 7) is 0.548. The van der Waals surface area contributed by atoms with Gasteiger partial charge in [-0.1, -0.05) is 19.3 Å². The van der Waals surface area contributed by atoms with E-state index in [2.05, 4.69) is 15.3 Å². The van der Waals surface area contributed by atoms with Crippen molar-refractivity contribution >= 4 is 5.91 Å². The summed E-state index contributed by atoms with van der Waals surface area (Å²) in [7, 11) is 0. The summed E-state index contributed by atoms with van der Waals surface area (Å²) in [6, 6.07) is 0. The van der Waals surface area contributed by atoms with Crippen molar-refractivity contribution in [3.8, 4) is 0 Å². The number of imidazole rings is 1. The van der Waals surface area contributed by atoms with Crippen molar-refractivity contribution in [2.24, 2.45) is 5.41 Å². The smallest absolute Gasteiger partial charge is 0.323 e. The maximum absolute atomic E-state index is 11.8. The molecule has 0 spiro atoms. The van der Waals surface area contributed by atoms with Crippen LogP contribution in [0.2, 0.25) is 0 Å². The molecule has 0 bridgehead atoms. The number of carbonyl (C=O) groups is 1. The number of aliphatic hydroxyl groups excluding tert-OH is 1. The van der Waals surface area contributed by atoms with Crippen LogP contribution in [0.1, 0.15) is 42.6 Å². The fourth-order valence-electron chi connectivity index (χ4n) is 2.51. The molecule has 1 aliphatic carbocycles. The van der Waals surface area contributed by atoms with Crippen molar-refractivity contribution in [1.82, 2.24) is 15.3 Å². The minimum absolute atomic E-state index is 0.0942. The minimum Gasteiger partial charge on any atom is -0.396 e. The number of aromatic amines is 2. The van der Waals surface area contributed by atoms with Crippen LogP contribution >= 0.6 is 0 Å². The Morgan fingerprint density at radius 3 is 2.67 bits per heavy atom. The molecule has 1 heterocycles. The minimum atomic E-state index is -0.394. The molecule has 1 aromatic heterocycles. The van der Waals surface area contributed by atoms with Crippen LogP contribution in [0, 0.1) is 5.41 Å². The first-order chi connectivity index (χ1) is 8.65. The SMILES string of the molecule is O=C(NCC1(CO)CCCCC1)c1c[nH]c(=O)[nH]1. The quantitative estimate of drug-likeness (QED) is 0.624. The average molecular weight is 253 g/mol. The van der Waals surface area contributed by atoms with Gasteiger partial charge in [-0.05, 0) is 12.8 Å². The highest BCUT2D eigenvalue weighted by molar-refractivity contribution is 5.91. The van der Waals surface area contributed by atoms with Crippen molar-refractivity contribution in [3.05, 3.63) is 22.4 Å². The number of H-pyrrole nitrogens is 2. The van der Waals surface area contributed by atoms with Crippen LogP contribution < -0.4 is 11.0 Å². The van der Waals surface area contributed by atoms with Crippen LogP contribution in [0.15, 0.2) is 11.0 Å². The first-order valence-corrected chi connectivity index (χ1v) is 6.32. The molecule has 1 fully saturated rings. The Bertz CT molecular complexity index is 457. The molecule has 0 saturated heterocycles. The second-order valence-electron chi connectivity index (χ2n) is 5.06. The van der Waals surface area contributed by atoms with Gasteiger partial charge in [-0.15, -0.1) is 0 Å². The summed E-state index contributed by atoms with van der Waals surface area (Å²) in [5.41, 5.74) is -0.358. The Labute approximate surface area is 105 Å². The van der Waals surface area contributed by atoms with Crippen molar-refractivity contribution in [1.29, 1.82) is 0 Å². The van der Waals surface area contributed by atoms with Gasteiger partial charge < -0.3 is 20.4 Å². The second kappa shape index (κ2) is 5.39. The highest BCUT2D eigenvalue weighted by atomic mass is 16.3. The number of rotatable bonds is 4. The van der Waals surface area contributed by atoms with Crippen LogP contribution in [0.25, 0.3) is 0 Å². The van der Waals surface area contributed by atoms with Gasteiger partial charge >= 0.3 is 5.69 Å². The van der Waals surface area contributed by atoms with Gasteiger partial charge in [0.25, 0.3) is 5.91 Å². The maximum Gasteiger partial charge on any atom is 0.323 e. The standard InChI is InChI=1S/C12H19N3O3/c16-8-12(4-2-1-3-5-12)7-14-10(17)9-6-13-11(18)15-9/h6,16H,1-5,7-8H2,(H,14,17)(H2,13,15,18). The molecule has 0 unspecified atom stereocenters. The summed E-state index contributed by atoms with van der Waals surface area (Å²) in [4.78, 5) is 27.5. The number of hydrogen-bond acceptors (Lipinski definition) is 3. The fourth-order valence-corrected chi connectivity index (χ4v) is 2.51. The van der Waals surface area contributed by atoms with E-state index in [4.69, 9.17) is 0 Å². The summed E-state index contributed by atoms with van der Waals surface area (Å²) < 4.78 is 0. The van der Waals surface area contributed by atoms with E-state index in [1.54, 1.807) is 0 Å². The molecule has 100 valence electrons. The number of nitrogens with one attached hydrogen (secondary N) is 3. The molecule has 0 radical (unpaired) electrons. The lowest BCUT2D eigenvalue weighted by atomic mass is 9.74. The largest absolute Gasteiger partial charge is 0.396 e. The van der Waals surface area contributed by atoms with Crippen molar-refractivity contribution in [3.63, 3.8) is 0 Å². The Hall–Kier alpha value is -1.56. The van der Waals surface area contributed by atoms with Crippen LogP contribution in [0.4, 0.5) is 0 Å². The van der Waals surface area contributed by atoms with E-state index in [1.165, 1.54) is 12.6 Å². The molecule has 0 aromatic carbocycles. The van der Waals surface area contributed by atoms with Gasteiger partial charge in [-0.2, -0.15) is 0 Å². The Kier molecular flexibility index (Phi) is 3.86. The third-order valence-corrected chi connectivity index (χ3v) is 3.71. The predicted octanol–water partition coefficient (Wildman–Crippen LogP) is 0.376. The summed E-state index contributed by atoms with van der Waals surface area (Å²) >= 11 is 0. The molecule has 1 aliphatic rings. The zero-order valence-corrected chi connectivity index (χ0v) is 10.3. The van der Waals surface area contributed by atoms with Crippen LogP contribution in [-0.2, 0) is 0 Å². The van der Waals surface area contributed by atoms with E-state index < -0.39 is 5.69 Å². The Morgan fingerprint density at radius 1 is 1.39 bits per heavy atom. The fraction of sp³-hybridized carbons (Fsp3) is 0.667. The molecule has 2 rings (SSSR count). The lowest BCUT2D eigenvalue weighted by molar-refractivity contribution is 0.0715. The predicted molar refractivity (Wildman–Crippen MR) is 66.4 cm³/mol.